The van der Waals surface area contributed by atoms with Crippen molar-refractivity contribution in [3.8, 4) is 12.3 Å². The van der Waals surface area contributed by atoms with Gasteiger partial charge in [0.25, 0.3) is 5.56 Å². The summed E-state index contributed by atoms with van der Waals surface area (Å²) in [4.78, 5) is 24.5. The van der Waals surface area contributed by atoms with Gasteiger partial charge in [-0.1, -0.05) is 30.9 Å². The molecular formula is C27H31N5O3S. The molecule has 1 aromatic carbocycles. The zero-order chi connectivity index (χ0) is 25.3. The topological polar surface area (TPSA) is 97.2 Å². The number of pyridine rings is 1. The van der Waals surface area contributed by atoms with E-state index in [4.69, 9.17) is 11.4 Å². The Morgan fingerprint density at radius 3 is 2.69 bits per heavy atom. The predicted molar refractivity (Wildman–Crippen MR) is 144 cm³/mol. The molecule has 3 aromatic rings. The predicted octanol–water partition coefficient (Wildman–Crippen LogP) is 3.89. The monoisotopic (exact) mass is 505 g/mol. The highest BCUT2D eigenvalue weighted by Gasteiger charge is 2.25. The molecule has 2 aromatic heterocycles. The number of sulfone groups is 1. The molecular weight excluding hydrogens is 474 g/mol. The van der Waals surface area contributed by atoms with Crippen LogP contribution in [0.2, 0.25) is 0 Å². The fraction of sp³-hybridized carbons (Fsp3) is 0.444. The molecule has 2 aliphatic rings. The van der Waals surface area contributed by atoms with Crippen molar-refractivity contribution in [1.82, 2.24) is 14.5 Å². The van der Waals surface area contributed by atoms with E-state index in [0.29, 0.717) is 29.1 Å². The highest BCUT2D eigenvalue weighted by atomic mass is 32.2. The smallest absolute Gasteiger partial charge is 0.253 e. The maximum absolute atomic E-state index is 13.0. The molecule has 1 aliphatic carbocycles. The van der Waals surface area contributed by atoms with E-state index in [2.05, 4.69) is 21.1 Å². The van der Waals surface area contributed by atoms with Crippen LogP contribution >= 0.6 is 0 Å². The van der Waals surface area contributed by atoms with Gasteiger partial charge < -0.3 is 10.2 Å². The molecule has 3 heterocycles. The number of hydrogen-bond donors (Lipinski definition) is 1. The van der Waals surface area contributed by atoms with Crippen molar-refractivity contribution in [3.05, 3.63) is 52.4 Å². The van der Waals surface area contributed by atoms with Crippen LogP contribution in [0.3, 0.4) is 0 Å². The molecule has 2 fully saturated rings. The van der Waals surface area contributed by atoms with Gasteiger partial charge in [-0.15, -0.1) is 6.42 Å². The van der Waals surface area contributed by atoms with Gasteiger partial charge in [-0.2, -0.15) is 4.98 Å². The summed E-state index contributed by atoms with van der Waals surface area (Å²) in [5.74, 6) is 3.29. The summed E-state index contributed by atoms with van der Waals surface area (Å²) in [5, 5.41) is 4.05. The lowest BCUT2D eigenvalue weighted by Crippen LogP contribution is -2.38. The molecule has 9 heteroatoms. The van der Waals surface area contributed by atoms with Gasteiger partial charge in [0.05, 0.1) is 22.5 Å². The summed E-state index contributed by atoms with van der Waals surface area (Å²) < 4.78 is 25.5. The molecule has 8 nitrogen and oxygen atoms in total. The number of para-hydroxylation sites is 2. The van der Waals surface area contributed by atoms with Crippen LogP contribution in [-0.4, -0.2) is 48.1 Å². The molecule has 0 spiro atoms. The highest BCUT2D eigenvalue weighted by molar-refractivity contribution is 7.90. The summed E-state index contributed by atoms with van der Waals surface area (Å²) in [6, 6.07) is 9.52. The molecule has 5 rings (SSSR count). The van der Waals surface area contributed by atoms with Crippen LogP contribution in [0.4, 0.5) is 17.3 Å². The SMILES string of the molecule is C#Cc1cc(=O)n(C2CCCC2)c2nc(Nc3ccccc3N3CCCC(CS(C)(=O)=O)C3)ncc12. The normalized spacial score (nSPS) is 18.9. The van der Waals surface area contributed by atoms with Crippen LogP contribution in [0, 0.1) is 18.3 Å². The summed E-state index contributed by atoms with van der Waals surface area (Å²) in [6.07, 6.45) is 14.6. The third-order valence-electron chi connectivity index (χ3n) is 7.19. The Bertz CT molecular complexity index is 1490. The molecule has 1 saturated heterocycles. The Morgan fingerprint density at radius 2 is 1.94 bits per heavy atom. The maximum Gasteiger partial charge on any atom is 0.253 e. The summed E-state index contributed by atoms with van der Waals surface area (Å²) >= 11 is 0. The number of rotatable bonds is 6. The second kappa shape index (κ2) is 9.94. The van der Waals surface area contributed by atoms with E-state index in [1.54, 1.807) is 10.8 Å². The van der Waals surface area contributed by atoms with Crippen LogP contribution in [-0.2, 0) is 9.84 Å². The van der Waals surface area contributed by atoms with Gasteiger partial charge in [0.1, 0.15) is 15.5 Å². The van der Waals surface area contributed by atoms with Crippen LogP contribution in [0.15, 0.2) is 41.3 Å². The molecule has 188 valence electrons. The minimum Gasteiger partial charge on any atom is -0.370 e. The Labute approximate surface area is 211 Å². The molecule has 36 heavy (non-hydrogen) atoms. The lowest BCUT2D eigenvalue weighted by atomic mass is 9.99. The van der Waals surface area contributed by atoms with Crippen molar-refractivity contribution in [2.24, 2.45) is 5.92 Å². The Hall–Kier alpha value is -3.38. The van der Waals surface area contributed by atoms with Crippen molar-refractivity contribution in [2.75, 3.05) is 35.3 Å². The number of fused-ring (bicyclic) bond motifs is 1. The first-order chi connectivity index (χ1) is 17.3. The number of aromatic nitrogens is 3. The lowest BCUT2D eigenvalue weighted by Gasteiger charge is -2.35. The molecule has 1 atom stereocenters. The van der Waals surface area contributed by atoms with E-state index >= 15 is 0 Å². The first-order valence-corrected chi connectivity index (χ1v) is 14.6. The number of nitrogens with one attached hydrogen (secondary N) is 1. The second-order valence-electron chi connectivity index (χ2n) is 9.97. The first kappa shape index (κ1) is 24.3. The quantitative estimate of drug-likeness (QED) is 0.508. The molecule has 0 bridgehead atoms. The van der Waals surface area contributed by atoms with Crippen LogP contribution in [0.5, 0.6) is 0 Å². The standard InChI is InChI=1S/C27H31N5O3S/c1-3-20-15-25(33)32(21-10-4-5-11-21)26-22(20)16-28-27(30-26)29-23-12-6-7-13-24(23)31-14-8-9-19(17-31)18-36(2,34)35/h1,6-7,12-13,15-16,19,21H,4-5,8-11,14,17-18H2,2H3,(H,28,29,30). The number of terminal acetylenes is 1. The highest BCUT2D eigenvalue weighted by Crippen LogP contribution is 2.33. The van der Waals surface area contributed by atoms with E-state index in [9.17, 15) is 13.2 Å². The fourth-order valence-corrected chi connectivity index (χ4v) is 6.77. The van der Waals surface area contributed by atoms with Gasteiger partial charge in [-0.05, 0) is 43.7 Å². The van der Waals surface area contributed by atoms with Crippen molar-refractivity contribution >= 4 is 38.2 Å². The van der Waals surface area contributed by atoms with Gasteiger partial charge in [0, 0.05) is 43.2 Å². The van der Waals surface area contributed by atoms with Crippen molar-refractivity contribution in [1.29, 1.82) is 0 Å². The number of piperidine rings is 1. The molecule has 1 saturated carbocycles. The van der Waals surface area contributed by atoms with Gasteiger partial charge in [-0.25, -0.2) is 13.4 Å². The lowest BCUT2D eigenvalue weighted by molar-refractivity contribution is 0.445. The molecule has 0 radical (unpaired) electrons. The van der Waals surface area contributed by atoms with Gasteiger partial charge in [-0.3, -0.25) is 9.36 Å². The average Bonchev–Trinajstić information content (AvgIpc) is 3.37. The number of anilines is 3. The summed E-state index contributed by atoms with van der Waals surface area (Å²) in [7, 11) is -3.03. The van der Waals surface area contributed by atoms with E-state index < -0.39 is 9.84 Å². The van der Waals surface area contributed by atoms with E-state index in [1.807, 2.05) is 24.3 Å². The van der Waals surface area contributed by atoms with Gasteiger partial charge in [0.2, 0.25) is 5.95 Å². The summed E-state index contributed by atoms with van der Waals surface area (Å²) in [6.45, 7) is 1.53. The van der Waals surface area contributed by atoms with E-state index in [-0.39, 0.29) is 23.3 Å². The van der Waals surface area contributed by atoms with Crippen LogP contribution in [0.1, 0.15) is 50.1 Å². The van der Waals surface area contributed by atoms with E-state index in [1.165, 1.54) is 12.3 Å². The Balaban J connectivity index is 1.49. The Kier molecular flexibility index (Phi) is 6.71. The fourth-order valence-electron chi connectivity index (χ4n) is 5.64. The largest absolute Gasteiger partial charge is 0.370 e. The zero-order valence-corrected chi connectivity index (χ0v) is 21.3. The van der Waals surface area contributed by atoms with E-state index in [0.717, 1.165) is 56.4 Å². The Morgan fingerprint density at radius 1 is 1.17 bits per heavy atom. The first-order valence-electron chi connectivity index (χ1n) is 12.5. The zero-order valence-electron chi connectivity index (χ0n) is 20.5. The maximum atomic E-state index is 13.0. The molecule has 1 unspecified atom stereocenters. The van der Waals surface area contributed by atoms with Gasteiger partial charge in [0.15, 0.2) is 0 Å². The molecule has 1 N–H and O–H groups in total. The third-order valence-corrected chi connectivity index (χ3v) is 8.26. The average molecular weight is 506 g/mol. The minimum absolute atomic E-state index is 0.0988. The molecule has 1 aliphatic heterocycles. The molecule has 0 amide bonds. The van der Waals surface area contributed by atoms with Gasteiger partial charge >= 0.3 is 0 Å². The third kappa shape index (κ3) is 5.09. The van der Waals surface area contributed by atoms with Crippen LogP contribution in [0.25, 0.3) is 11.0 Å². The minimum atomic E-state index is -3.03. The number of benzene rings is 1. The van der Waals surface area contributed by atoms with Crippen molar-refractivity contribution in [3.63, 3.8) is 0 Å². The van der Waals surface area contributed by atoms with Crippen molar-refractivity contribution in [2.45, 2.75) is 44.6 Å². The second-order valence-corrected chi connectivity index (χ2v) is 12.2. The summed E-state index contributed by atoms with van der Waals surface area (Å²) in [5.41, 5.74) is 2.74. The number of hydrogen-bond acceptors (Lipinski definition) is 7. The van der Waals surface area contributed by atoms with Crippen LogP contribution < -0.4 is 15.8 Å². The number of nitrogens with zero attached hydrogens (tertiary/aromatic N) is 4. The van der Waals surface area contributed by atoms with Crippen molar-refractivity contribution < 1.29 is 8.42 Å².